The second-order valence-corrected chi connectivity index (χ2v) is 6.09. The first kappa shape index (κ1) is 13.0. The minimum Gasteiger partial charge on any atom is -0.487 e. The molecule has 1 atom stereocenters. The zero-order valence-corrected chi connectivity index (χ0v) is 12.0. The number of fused-ring (bicyclic) bond motifs is 1. The lowest BCUT2D eigenvalue weighted by Gasteiger charge is -2.44. The van der Waals surface area contributed by atoms with E-state index in [0.29, 0.717) is 6.04 Å². The summed E-state index contributed by atoms with van der Waals surface area (Å²) < 4.78 is 6.43. The molecule has 1 aliphatic heterocycles. The van der Waals surface area contributed by atoms with Crippen LogP contribution < -0.4 is 10.1 Å². The van der Waals surface area contributed by atoms with Crippen LogP contribution in [-0.4, -0.2) is 12.1 Å². The minimum atomic E-state index is 0.109. The van der Waals surface area contributed by atoms with Gasteiger partial charge in [0.15, 0.2) is 0 Å². The van der Waals surface area contributed by atoms with Crippen molar-refractivity contribution in [3.8, 4) is 5.75 Å². The summed E-state index contributed by atoms with van der Waals surface area (Å²) in [6, 6.07) is 9.06. The van der Waals surface area contributed by atoms with Crippen LogP contribution in [0.25, 0.3) is 0 Å². The Labute approximate surface area is 116 Å². The van der Waals surface area contributed by atoms with Gasteiger partial charge in [0.2, 0.25) is 0 Å². The van der Waals surface area contributed by atoms with Crippen molar-refractivity contribution in [2.24, 2.45) is 0 Å². The van der Waals surface area contributed by atoms with E-state index in [0.717, 1.165) is 18.7 Å². The molecule has 1 N–H and O–H groups in total. The molecule has 2 heteroatoms. The molecular formula is C17H25NO. The SMILES string of the molecule is CCCNC1CC2(CCCCC2)Oc2ccccc21. The van der Waals surface area contributed by atoms with Crippen molar-refractivity contribution in [2.75, 3.05) is 6.54 Å². The molecule has 0 amide bonds. The lowest BCUT2D eigenvalue weighted by molar-refractivity contribution is -0.00260. The maximum atomic E-state index is 6.43. The summed E-state index contributed by atoms with van der Waals surface area (Å²) in [6.07, 6.45) is 8.80. The molecule has 1 spiro atoms. The Balaban J connectivity index is 1.86. The number of hydrogen-bond donors (Lipinski definition) is 1. The molecule has 0 aromatic heterocycles. The molecule has 1 aromatic carbocycles. The third kappa shape index (κ3) is 2.64. The van der Waals surface area contributed by atoms with Crippen LogP contribution >= 0.6 is 0 Å². The molecule has 1 aromatic rings. The van der Waals surface area contributed by atoms with Crippen LogP contribution in [0.1, 0.15) is 63.5 Å². The Morgan fingerprint density at radius 3 is 2.79 bits per heavy atom. The van der Waals surface area contributed by atoms with Crippen molar-refractivity contribution in [3.63, 3.8) is 0 Å². The van der Waals surface area contributed by atoms with Crippen LogP contribution in [-0.2, 0) is 0 Å². The molecule has 2 aliphatic rings. The van der Waals surface area contributed by atoms with Gasteiger partial charge in [-0.2, -0.15) is 0 Å². The number of rotatable bonds is 3. The van der Waals surface area contributed by atoms with Crippen molar-refractivity contribution in [3.05, 3.63) is 29.8 Å². The Bertz CT molecular complexity index is 423. The zero-order chi connectivity index (χ0) is 13.1. The van der Waals surface area contributed by atoms with E-state index < -0.39 is 0 Å². The van der Waals surface area contributed by atoms with Crippen LogP contribution in [0, 0.1) is 0 Å². The van der Waals surface area contributed by atoms with E-state index in [1.54, 1.807) is 0 Å². The van der Waals surface area contributed by atoms with Gasteiger partial charge in [-0.15, -0.1) is 0 Å². The fourth-order valence-electron chi connectivity index (χ4n) is 3.62. The molecule has 1 saturated carbocycles. The van der Waals surface area contributed by atoms with Gasteiger partial charge in [0.1, 0.15) is 11.4 Å². The first-order valence-corrected chi connectivity index (χ1v) is 7.84. The quantitative estimate of drug-likeness (QED) is 0.878. The maximum Gasteiger partial charge on any atom is 0.124 e. The highest BCUT2D eigenvalue weighted by Crippen LogP contribution is 2.45. The smallest absolute Gasteiger partial charge is 0.124 e. The summed E-state index contributed by atoms with van der Waals surface area (Å²) in [7, 11) is 0. The molecule has 1 aliphatic carbocycles. The average Bonchev–Trinajstić information content (AvgIpc) is 2.45. The van der Waals surface area contributed by atoms with Crippen LogP contribution in [0.2, 0.25) is 0 Å². The van der Waals surface area contributed by atoms with Gasteiger partial charge in [-0.25, -0.2) is 0 Å². The second-order valence-electron chi connectivity index (χ2n) is 6.09. The van der Waals surface area contributed by atoms with Gasteiger partial charge in [0.05, 0.1) is 0 Å². The van der Waals surface area contributed by atoms with E-state index in [1.807, 2.05) is 0 Å². The van der Waals surface area contributed by atoms with Gasteiger partial charge in [-0.05, 0) is 44.7 Å². The highest BCUT2D eigenvalue weighted by Gasteiger charge is 2.41. The van der Waals surface area contributed by atoms with E-state index in [-0.39, 0.29) is 5.60 Å². The lowest BCUT2D eigenvalue weighted by Crippen LogP contribution is -2.45. The van der Waals surface area contributed by atoms with Gasteiger partial charge in [0.25, 0.3) is 0 Å². The van der Waals surface area contributed by atoms with Crippen molar-refractivity contribution >= 4 is 0 Å². The summed E-state index contributed by atoms with van der Waals surface area (Å²) in [5.41, 5.74) is 1.46. The van der Waals surface area contributed by atoms with Crippen LogP contribution in [0.4, 0.5) is 0 Å². The van der Waals surface area contributed by atoms with Crippen LogP contribution in [0.3, 0.4) is 0 Å². The summed E-state index contributed by atoms with van der Waals surface area (Å²) in [5.74, 6) is 1.12. The van der Waals surface area contributed by atoms with Gasteiger partial charge >= 0.3 is 0 Å². The minimum absolute atomic E-state index is 0.109. The number of para-hydroxylation sites is 1. The monoisotopic (exact) mass is 259 g/mol. The van der Waals surface area contributed by atoms with E-state index in [4.69, 9.17) is 4.74 Å². The van der Waals surface area contributed by atoms with Crippen molar-refractivity contribution in [1.29, 1.82) is 0 Å². The van der Waals surface area contributed by atoms with E-state index in [1.165, 1.54) is 44.1 Å². The van der Waals surface area contributed by atoms with Gasteiger partial charge < -0.3 is 10.1 Å². The molecular weight excluding hydrogens is 234 g/mol. The van der Waals surface area contributed by atoms with E-state index in [2.05, 4.69) is 36.5 Å². The van der Waals surface area contributed by atoms with E-state index >= 15 is 0 Å². The molecule has 3 rings (SSSR count). The fraction of sp³-hybridized carbons (Fsp3) is 0.647. The van der Waals surface area contributed by atoms with Crippen LogP contribution in [0.15, 0.2) is 24.3 Å². The second kappa shape index (κ2) is 5.54. The molecule has 1 fully saturated rings. The number of benzene rings is 1. The standard InChI is InChI=1S/C17H25NO/c1-2-12-18-15-13-17(10-6-3-7-11-17)19-16-9-5-4-8-14(15)16/h4-5,8-9,15,18H,2-3,6-7,10-13H2,1H3. The van der Waals surface area contributed by atoms with Gasteiger partial charge in [-0.3, -0.25) is 0 Å². The Morgan fingerprint density at radius 1 is 1.21 bits per heavy atom. The fourth-order valence-corrected chi connectivity index (χ4v) is 3.62. The molecule has 1 unspecified atom stereocenters. The largest absolute Gasteiger partial charge is 0.487 e. The molecule has 1 heterocycles. The Morgan fingerprint density at radius 2 is 2.00 bits per heavy atom. The third-order valence-corrected chi connectivity index (χ3v) is 4.60. The molecule has 104 valence electrons. The van der Waals surface area contributed by atoms with Gasteiger partial charge in [-0.1, -0.05) is 31.5 Å². The molecule has 2 nitrogen and oxygen atoms in total. The van der Waals surface area contributed by atoms with Crippen molar-refractivity contribution < 1.29 is 4.74 Å². The summed E-state index contributed by atoms with van der Waals surface area (Å²) in [4.78, 5) is 0. The molecule has 0 saturated heterocycles. The molecule has 19 heavy (non-hydrogen) atoms. The molecule has 0 radical (unpaired) electrons. The topological polar surface area (TPSA) is 21.3 Å². The Hall–Kier alpha value is -1.02. The highest BCUT2D eigenvalue weighted by molar-refractivity contribution is 5.39. The summed E-state index contributed by atoms with van der Waals surface area (Å²) in [6.45, 7) is 3.32. The van der Waals surface area contributed by atoms with Crippen molar-refractivity contribution in [2.45, 2.75) is 63.5 Å². The summed E-state index contributed by atoms with van der Waals surface area (Å²) in [5, 5.41) is 3.72. The predicted molar refractivity (Wildman–Crippen MR) is 78.5 cm³/mol. The first-order valence-electron chi connectivity index (χ1n) is 7.84. The van der Waals surface area contributed by atoms with Crippen molar-refractivity contribution in [1.82, 2.24) is 5.32 Å². The highest BCUT2D eigenvalue weighted by atomic mass is 16.5. The Kier molecular flexibility index (Phi) is 3.79. The number of nitrogens with one attached hydrogen (secondary N) is 1. The summed E-state index contributed by atoms with van der Waals surface area (Å²) >= 11 is 0. The predicted octanol–water partition coefficient (Wildman–Crippen LogP) is 4.21. The van der Waals surface area contributed by atoms with E-state index in [9.17, 15) is 0 Å². The van der Waals surface area contributed by atoms with Gasteiger partial charge in [0, 0.05) is 18.0 Å². The van der Waals surface area contributed by atoms with Crippen LogP contribution in [0.5, 0.6) is 5.75 Å². The maximum absolute atomic E-state index is 6.43. The average molecular weight is 259 g/mol. The number of ether oxygens (including phenoxy) is 1. The zero-order valence-electron chi connectivity index (χ0n) is 12.0. The normalized spacial score (nSPS) is 24.8. The number of hydrogen-bond acceptors (Lipinski definition) is 2. The lowest BCUT2D eigenvalue weighted by atomic mass is 9.77. The molecule has 0 bridgehead atoms. The first-order chi connectivity index (χ1) is 9.33. The third-order valence-electron chi connectivity index (χ3n) is 4.60.